The van der Waals surface area contributed by atoms with Gasteiger partial charge in [0.05, 0.1) is 0 Å². The van der Waals surface area contributed by atoms with Gasteiger partial charge in [-0.1, -0.05) is 17.7 Å². The average Bonchev–Trinajstić information content (AvgIpc) is 2.82. The number of quaternary nitrogens is 1. The Morgan fingerprint density at radius 3 is 2.32 bits per heavy atom. The van der Waals surface area contributed by atoms with Crippen molar-refractivity contribution < 1.29 is 14.4 Å². The Balaban J connectivity index is 1.82. The molecule has 1 aliphatic heterocycles. The summed E-state index contributed by atoms with van der Waals surface area (Å²) in [6, 6.07) is 10.5. The van der Waals surface area contributed by atoms with Crippen molar-refractivity contribution in [2.75, 3.05) is 19.6 Å². The molecular formula is C21H29N2O2+. The predicted octanol–water partition coefficient (Wildman–Crippen LogP) is 2.28. The maximum Gasteiger partial charge on any atom is 0.218 e. The van der Waals surface area contributed by atoms with Crippen LogP contribution in [0.2, 0.25) is 0 Å². The molecule has 1 aromatic carbocycles. The summed E-state index contributed by atoms with van der Waals surface area (Å²) < 4.78 is 7.96. The van der Waals surface area contributed by atoms with Crippen molar-refractivity contribution in [2.45, 2.75) is 46.8 Å². The number of benzene rings is 1. The molecule has 0 saturated carbocycles. The topological polar surface area (TPSA) is 35.7 Å². The van der Waals surface area contributed by atoms with E-state index in [9.17, 15) is 4.79 Å². The van der Waals surface area contributed by atoms with E-state index in [0.29, 0.717) is 6.54 Å². The molecule has 0 spiro atoms. The highest BCUT2D eigenvalue weighted by Crippen LogP contribution is 2.21. The second-order valence-electron chi connectivity index (χ2n) is 7.47. The van der Waals surface area contributed by atoms with E-state index in [1.807, 2.05) is 13.0 Å². The van der Waals surface area contributed by atoms with Crippen LogP contribution in [-0.2, 0) is 4.74 Å². The third kappa shape index (κ3) is 3.86. The highest BCUT2D eigenvalue weighted by atomic mass is 16.5. The van der Waals surface area contributed by atoms with Gasteiger partial charge >= 0.3 is 0 Å². The van der Waals surface area contributed by atoms with Crippen molar-refractivity contribution in [3.63, 3.8) is 0 Å². The van der Waals surface area contributed by atoms with Crippen LogP contribution in [0.25, 0.3) is 5.69 Å². The number of carbonyl (C=O) groups excluding carboxylic acids is 1. The van der Waals surface area contributed by atoms with Crippen molar-refractivity contribution in [1.82, 2.24) is 4.57 Å². The summed E-state index contributed by atoms with van der Waals surface area (Å²) in [4.78, 5) is 14.2. The summed E-state index contributed by atoms with van der Waals surface area (Å²) in [5, 5.41) is 0. The van der Waals surface area contributed by atoms with Gasteiger partial charge in [-0.2, -0.15) is 0 Å². The number of hydrogen-bond acceptors (Lipinski definition) is 2. The van der Waals surface area contributed by atoms with Gasteiger partial charge < -0.3 is 14.2 Å². The Bertz CT molecular complexity index is 751. The molecule has 4 nitrogen and oxygen atoms in total. The van der Waals surface area contributed by atoms with Crippen LogP contribution in [0.3, 0.4) is 0 Å². The lowest BCUT2D eigenvalue weighted by Crippen LogP contribution is -3.16. The molecule has 1 N–H and O–H groups in total. The number of aryl methyl sites for hydroxylation is 2. The molecule has 1 fully saturated rings. The van der Waals surface area contributed by atoms with Crippen LogP contribution < -0.4 is 4.90 Å². The van der Waals surface area contributed by atoms with E-state index >= 15 is 0 Å². The van der Waals surface area contributed by atoms with Crippen LogP contribution >= 0.6 is 0 Å². The number of ether oxygens (including phenoxy) is 1. The minimum atomic E-state index is 0.214. The molecule has 0 bridgehead atoms. The van der Waals surface area contributed by atoms with Gasteiger partial charge in [0.1, 0.15) is 31.8 Å². The molecule has 3 atom stereocenters. The number of morpholine rings is 1. The minimum absolute atomic E-state index is 0.214. The summed E-state index contributed by atoms with van der Waals surface area (Å²) in [5.41, 5.74) is 5.32. The van der Waals surface area contributed by atoms with E-state index in [4.69, 9.17) is 4.74 Å². The SMILES string of the molecule is Cc1ccc(-n2c(C)cc(C(=O)C[NH+]3C[C@@H](C)O[C@@H](C)C3)c2C)cc1. The summed E-state index contributed by atoms with van der Waals surface area (Å²) in [5.74, 6) is 0.225. The van der Waals surface area contributed by atoms with Crippen molar-refractivity contribution in [3.05, 3.63) is 52.8 Å². The normalized spacial score (nSPS) is 23.6. The lowest BCUT2D eigenvalue weighted by Gasteiger charge is -2.31. The third-order valence-electron chi connectivity index (χ3n) is 5.05. The summed E-state index contributed by atoms with van der Waals surface area (Å²) in [7, 11) is 0. The molecule has 0 amide bonds. The van der Waals surface area contributed by atoms with Crippen LogP contribution in [-0.4, -0.2) is 42.2 Å². The summed E-state index contributed by atoms with van der Waals surface area (Å²) in [6.45, 7) is 12.7. The van der Waals surface area contributed by atoms with Crippen molar-refractivity contribution in [1.29, 1.82) is 0 Å². The first-order valence-corrected chi connectivity index (χ1v) is 9.13. The molecule has 1 aromatic heterocycles. The summed E-state index contributed by atoms with van der Waals surface area (Å²) in [6.07, 6.45) is 0.429. The van der Waals surface area contributed by atoms with Gasteiger partial charge in [-0.05, 0) is 52.8 Å². The monoisotopic (exact) mass is 341 g/mol. The van der Waals surface area contributed by atoms with Crippen molar-refractivity contribution in [3.8, 4) is 5.69 Å². The molecule has 0 radical (unpaired) electrons. The van der Waals surface area contributed by atoms with E-state index in [1.54, 1.807) is 0 Å². The zero-order chi connectivity index (χ0) is 18.1. The third-order valence-corrected chi connectivity index (χ3v) is 5.05. The van der Waals surface area contributed by atoms with Crippen LogP contribution in [0, 0.1) is 20.8 Å². The van der Waals surface area contributed by atoms with Crippen molar-refractivity contribution in [2.24, 2.45) is 0 Å². The molecule has 2 heterocycles. The number of nitrogens with zero attached hydrogens (tertiary/aromatic N) is 1. The number of hydrogen-bond donors (Lipinski definition) is 1. The van der Waals surface area contributed by atoms with E-state index in [2.05, 4.69) is 56.5 Å². The Labute approximate surface area is 150 Å². The molecule has 0 aliphatic carbocycles. The van der Waals surface area contributed by atoms with Crippen LogP contribution in [0.5, 0.6) is 0 Å². The number of nitrogens with one attached hydrogen (secondary N) is 1. The molecule has 1 saturated heterocycles. The minimum Gasteiger partial charge on any atom is -0.364 e. The first-order valence-electron chi connectivity index (χ1n) is 9.13. The molecule has 1 unspecified atom stereocenters. The fourth-order valence-corrected chi connectivity index (χ4v) is 3.99. The maximum absolute atomic E-state index is 12.9. The van der Waals surface area contributed by atoms with Gasteiger partial charge in [0.25, 0.3) is 0 Å². The lowest BCUT2D eigenvalue weighted by atomic mass is 10.1. The first-order chi connectivity index (χ1) is 11.8. The number of carbonyl (C=O) groups is 1. The highest BCUT2D eigenvalue weighted by Gasteiger charge is 2.28. The zero-order valence-corrected chi connectivity index (χ0v) is 15.9. The van der Waals surface area contributed by atoms with Gasteiger partial charge in [0.15, 0.2) is 0 Å². The Morgan fingerprint density at radius 1 is 1.12 bits per heavy atom. The predicted molar refractivity (Wildman–Crippen MR) is 99.9 cm³/mol. The second kappa shape index (κ2) is 7.14. The lowest BCUT2D eigenvalue weighted by molar-refractivity contribution is -0.906. The van der Waals surface area contributed by atoms with Crippen LogP contribution in [0.4, 0.5) is 0 Å². The van der Waals surface area contributed by atoms with Gasteiger partial charge in [-0.15, -0.1) is 0 Å². The van der Waals surface area contributed by atoms with E-state index < -0.39 is 0 Å². The number of ketones is 1. The van der Waals surface area contributed by atoms with Gasteiger partial charge in [-0.25, -0.2) is 0 Å². The van der Waals surface area contributed by atoms with Gasteiger partial charge in [-0.3, -0.25) is 4.79 Å². The average molecular weight is 341 g/mol. The van der Waals surface area contributed by atoms with E-state index in [1.165, 1.54) is 10.5 Å². The second-order valence-corrected chi connectivity index (χ2v) is 7.47. The Hall–Kier alpha value is -1.91. The standard InChI is InChI=1S/C21H28N2O2/c1-14-6-8-19(9-7-14)23-15(2)10-20(18(23)5)21(24)13-22-11-16(3)25-17(4)12-22/h6-10,16-17H,11-13H2,1-5H3/p+1/t16-,17+. The number of aromatic nitrogens is 1. The highest BCUT2D eigenvalue weighted by molar-refractivity contribution is 5.98. The molecule has 3 rings (SSSR count). The molecule has 2 aromatic rings. The molecule has 134 valence electrons. The van der Waals surface area contributed by atoms with Crippen LogP contribution in [0.15, 0.2) is 30.3 Å². The number of Topliss-reactive ketones (excluding diaryl/α,β-unsaturated/α-hetero) is 1. The molecular weight excluding hydrogens is 312 g/mol. The van der Waals surface area contributed by atoms with E-state index in [0.717, 1.165) is 35.7 Å². The zero-order valence-electron chi connectivity index (χ0n) is 15.9. The fourth-order valence-electron chi connectivity index (χ4n) is 3.99. The molecule has 4 heteroatoms. The van der Waals surface area contributed by atoms with Crippen LogP contribution in [0.1, 0.15) is 41.2 Å². The largest absolute Gasteiger partial charge is 0.364 e. The number of rotatable bonds is 4. The maximum atomic E-state index is 12.9. The Morgan fingerprint density at radius 2 is 1.72 bits per heavy atom. The van der Waals surface area contributed by atoms with Gasteiger partial charge in [0, 0.05) is 22.6 Å². The molecule has 1 aliphatic rings. The fraction of sp³-hybridized carbons (Fsp3) is 0.476. The van der Waals surface area contributed by atoms with E-state index in [-0.39, 0.29) is 18.0 Å². The molecule has 25 heavy (non-hydrogen) atoms. The quantitative estimate of drug-likeness (QED) is 0.866. The first kappa shape index (κ1) is 17.9. The van der Waals surface area contributed by atoms with Crippen molar-refractivity contribution >= 4 is 5.78 Å². The summed E-state index contributed by atoms with van der Waals surface area (Å²) >= 11 is 0. The Kier molecular flexibility index (Phi) is 5.11. The smallest absolute Gasteiger partial charge is 0.218 e. The van der Waals surface area contributed by atoms with Gasteiger partial charge in [0.2, 0.25) is 5.78 Å².